The molecule has 0 aliphatic carbocycles. The highest BCUT2D eigenvalue weighted by Crippen LogP contribution is 2.18. The lowest BCUT2D eigenvalue weighted by Gasteiger charge is -2.11. The monoisotopic (exact) mass is 319 g/mol. The molecule has 2 N–H and O–H groups in total. The summed E-state index contributed by atoms with van der Waals surface area (Å²) in [6, 6.07) is 10.3. The Bertz CT molecular complexity index is 725. The van der Waals surface area contributed by atoms with Crippen molar-refractivity contribution >= 4 is 21.5 Å². The number of nitrogens with one attached hydrogen (secondary N) is 2. The van der Waals surface area contributed by atoms with Crippen LogP contribution in [-0.2, 0) is 10.0 Å². The maximum atomic E-state index is 12.4. The van der Waals surface area contributed by atoms with Crippen molar-refractivity contribution < 1.29 is 8.42 Å². The SMILES string of the molecule is Cc1ccccc1S(=O)(=O)Nc1ccc(NCC(C)C)cn1. The average Bonchev–Trinajstić information content (AvgIpc) is 2.46. The van der Waals surface area contributed by atoms with Gasteiger partial charge in [0.2, 0.25) is 0 Å². The van der Waals surface area contributed by atoms with Crippen LogP contribution in [0.5, 0.6) is 0 Å². The summed E-state index contributed by atoms with van der Waals surface area (Å²) >= 11 is 0. The summed E-state index contributed by atoms with van der Waals surface area (Å²) in [7, 11) is -3.62. The summed E-state index contributed by atoms with van der Waals surface area (Å²) in [5.74, 6) is 0.831. The molecule has 22 heavy (non-hydrogen) atoms. The molecule has 1 heterocycles. The van der Waals surface area contributed by atoms with Crippen molar-refractivity contribution in [3.8, 4) is 0 Å². The first-order chi connectivity index (χ1) is 10.4. The highest BCUT2D eigenvalue weighted by atomic mass is 32.2. The Kier molecular flexibility index (Phi) is 5.03. The topological polar surface area (TPSA) is 71.1 Å². The van der Waals surface area contributed by atoms with Gasteiger partial charge in [-0.1, -0.05) is 32.0 Å². The number of nitrogens with zero attached hydrogens (tertiary/aromatic N) is 1. The fourth-order valence-electron chi connectivity index (χ4n) is 1.93. The van der Waals surface area contributed by atoms with Crippen LogP contribution in [0.15, 0.2) is 47.5 Å². The molecule has 0 atom stereocenters. The Hall–Kier alpha value is -2.08. The van der Waals surface area contributed by atoms with Crippen molar-refractivity contribution in [2.24, 2.45) is 5.92 Å². The lowest BCUT2D eigenvalue weighted by Crippen LogP contribution is -2.15. The molecule has 1 aromatic heterocycles. The molecule has 0 saturated carbocycles. The molecule has 0 aliphatic rings. The largest absolute Gasteiger partial charge is 0.384 e. The molecule has 0 amide bonds. The highest BCUT2D eigenvalue weighted by molar-refractivity contribution is 7.92. The quantitative estimate of drug-likeness (QED) is 0.857. The number of rotatable bonds is 6. The molecule has 0 saturated heterocycles. The Morgan fingerprint density at radius 1 is 1.14 bits per heavy atom. The highest BCUT2D eigenvalue weighted by Gasteiger charge is 2.16. The molecule has 118 valence electrons. The number of aryl methyl sites for hydroxylation is 1. The van der Waals surface area contributed by atoms with Crippen molar-refractivity contribution in [3.63, 3.8) is 0 Å². The van der Waals surface area contributed by atoms with E-state index < -0.39 is 10.0 Å². The molecule has 0 bridgehead atoms. The summed E-state index contributed by atoms with van der Waals surface area (Å²) in [5, 5.41) is 3.24. The third-order valence-electron chi connectivity index (χ3n) is 3.10. The van der Waals surface area contributed by atoms with Crippen LogP contribution in [0.4, 0.5) is 11.5 Å². The molecule has 1 aromatic carbocycles. The minimum atomic E-state index is -3.62. The third kappa shape index (κ3) is 4.21. The van der Waals surface area contributed by atoms with Gasteiger partial charge in [-0.3, -0.25) is 4.72 Å². The number of benzene rings is 1. The Morgan fingerprint density at radius 3 is 2.45 bits per heavy atom. The minimum Gasteiger partial charge on any atom is -0.384 e. The number of aromatic nitrogens is 1. The molecular weight excluding hydrogens is 298 g/mol. The van der Waals surface area contributed by atoms with Crippen LogP contribution in [0, 0.1) is 12.8 Å². The van der Waals surface area contributed by atoms with E-state index in [1.165, 1.54) is 0 Å². The van der Waals surface area contributed by atoms with Crippen molar-refractivity contribution in [2.45, 2.75) is 25.7 Å². The van der Waals surface area contributed by atoms with E-state index in [1.54, 1.807) is 37.4 Å². The number of hydrogen-bond donors (Lipinski definition) is 2. The summed E-state index contributed by atoms with van der Waals surface area (Å²) in [4.78, 5) is 4.41. The normalized spacial score (nSPS) is 11.5. The van der Waals surface area contributed by atoms with Gasteiger partial charge < -0.3 is 5.32 Å². The Labute approximate surface area is 131 Å². The van der Waals surface area contributed by atoms with Crippen molar-refractivity contribution in [1.82, 2.24) is 4.98 Å². The van der Waals surface area contributed by atoms with Crippen LogP contribution in [0.1, 0.15) is 19.4 Å². The molecule has 2 aromatic rings. The Morgan fingerprint density at radius 2 is 1.86 bits per heavy atom. The molecule has 0 aliphatic heterocycles. The van der Waals surface area contributed by atoms with E-state index >= 15 is 0 Å². The number of pyridine rings is 1. The standard InChI is InChI=1S/C16H21N3O2S/c1-12(2)10-17-14-8-9-16(18-11-14)19-22(20,21)15-7-5-4-6-13(15)3/h4-9,11-12,17H,10H2,1-3H3,(H,18,19). The Balaban J connectivity index is 2.12. The lowest BCUT2D eigenvalue weighted by molar-refractivity contribution is 0.600. The third-order valence-corrected chi connectivity index (χ3v) is 4.61. The van der Waals surface area contributed by atoms with Gasteiger partial charge in [-0.2, -0.15) is 0 Å². The second kappa shape index (κ2) is 6.79. The van der Waals surface area contributed by atoms with E-state index in [2.05, 4.69) is 28.9 Å². The molecule has 0 fully saturated rings. The van der Waals surface area contributed by atoms with Gasteiger partial charge in [-0.25, -0.2) is 13.4 Å². The molecule has 5 nitrogen and oxygen atoms in total. The lowest BCUT2D eigenvalue weighted by atomic mass is 10.2. The van der Waals surface area contributed by atoms with E-state index in [-0.39, 0.29) is 4.90 Å². The summed E-state index contributed by atoms with van der Waals surface area (Å²) in [5.41, 5.74) is 1.57. The van der Waals surface area contributed by atoms with E-state index in [9.17, 15) is 8.42 Å². The first-order valence-electron chi connectivity index (χ1n) is 7.17. The van der Waals surface area contributed by atoms with Gasteiger partial charge >= 0.3 is 0 Å². The van der Waals surface area contributed by atoms with Crippen LogP contribution >= 0.6 is 0 Å². The summed E-state index contributed by atoms with van der Waals surface area (Å²) < 4.78 is 27.2. The maximum Gasteiger partial charge on any atom is 0.263 e. The zero-order chi connectivity index (χ0) is 16.2. The average molecular weight is 319 g/mol. The summed E-state index contributed by atoms with van der Waals surface area (Å²) in [6.45, 7) is 6.84. The maximum absolute atomic E-state index is 12.4. The number of sulfonamides is 1. The first kappa shape index (κ1) is 16.3. The fourth-order valence-corrected chi connectivity index (χ4v) is 3.19. The van der Waals surface area contributed by atoms with E-state index in [4.69, 9.17) is 0 Å². The predicted octanol–water partition coefficient (Wildman–Crippen LogP) is 3.26. The van der Waals surface area contributed by atoms with Crippen molar-refractivity contribution in [2.75, 3.05) is 16.6 Å². The molecule has 2 rings (SSSR count). The fraction of sp³-hybridized carbons (Fsp3) is 0.312. The van der Waals surface area contributed by atoms with Gasteiger partial charge in [0.15, 0.2) is 0 Å². The van der Waals surface area contributed by atoms with Crippen LogP contribution < -0.4 is 10.0 Å². The van der Waals surface area contributed by atoms with Crippen molar-refractivity contribution in [3.05, 3.63) is 48.2 Å². The van der Waals surface area contributed by atoms with Gasteiger partial charge in [0.05, 0.1) is 16.8 Å². The van der Waals surface area contributed by atoms with E-state index in [0.717, 1.165) is 12.2 Å². The van der Waals surface area contributed by atoms with Crippen LogP contribution in [0.25, 0.3) is 0 Å². The van der Waals surface area contributed by atoms with Gasteiger partial charge in [0.1, 0.15) is 5.82 Å². The second-order valence-electron chi connectivity index (χ2n) is 5.58. The van der Waals surface area contributed by atoms with Gasteiger partial charge in [-0.05, 0) is 36.6 Å². The van der Waals surface area contributed by atoms with Crippen LogP contribution in [0.3, 0.4) is 0 Å². The van der Waals surface area contributed by atoms with E-state index in [0.29, 0.717) is 17.3 Å². The molecule has 6 heteroatoms. The number of anilines is 2. The zero-order valence-corrected chi connectivity index (χ0v) is 13.8. The number of hydrogen-bond acceptors (Lipinski definition) is 4. The second-order valence-corrected chi connectivity index (χ2v) is 7.23. The molecule has 0 spiro atoms. The predicted molar refractivity (Wildman–Crippen MR) is 89.6 cm³/mol. The van der Waals surface area contributed by atoms with Gasteiger partial charge in [0.25, 0.3) is 10.0 Å². The molecule has 0 unspecified atom stereocenters. The zero-order valence-electron chi connectivity index (χ0n) is 13.0. The molecular formula is C16H21N3O2S. The van der Waals surface area contributed by atoms with Crippen LogP contribution in [-0.4, -0.2) is 19.9 Å². The first-order valence-corrected chi connectivity index (χ1v) is 8.65. The van der Waals surface area contributed by atoms with Gasteiger partial charge in [-0.15, -0.1) is 0 Å². The van der Waals surface area contributed by atoms with Crippen LogP contribution in [0.2, 0.25) is 0 Å². The molecule has 0 radical (unpaired) electrons. The van der Waals surface area contributed by atoms with Gasteiger partial charge in [0, 0.05) is 6.54 Å². The summed E-state index contributed by atoms with van der Waals surface area (Å²) in [6.07, 6.45) is 1.62. The smallest absolute Gasteiger partial charge is 0.263 e. The minimum absolute atomic E-state index is 0.263. The van der Waals surface area contributed by atoms with E-state index in [1.807, 2.05) is 12.1 Å². The van der Waals surface area contributed by atoms with Crippen molar-refractivity contribution in [1.29, 1.82) is 0 Å².